The number of hydrogen-bond acceptors (Lipinski definition) is 12. The van der Waals surface area contributed by atoms with E-state index in [0.717, 1.165) is 22.4 Å². The summed E-state index contributed by atoms with van der Waals surface area (Å²) in [6, 6.07) is 21.2. The van der Waals surface area contributed by atoms with Gasteiger partial charge in [-0.2, -0.15) is 0 Å². The fourth-order valence-corrected chi connectivity index (χ4v) is 8.25. The molecule has 0 saturated carbocycles. The molecule has 9 rings (SSSR count). The van der Waals surface area contributed by atoms with Crippen LogP contribution in [0, 0.1) is 23.5 Å². The molecule has 67 heavy (non-hydrogen) atoms. The highest BCUT2D eigenvalue weighted by Gasteiger charge is 2.39. The molecule has 0 aliphatic carbocycles. The number of aromatic nitrogens is 5. The first-order chi connectivity index (χ1) is 32.7. The van der Waals surface area contributed by atoms with Gasteiger partial charge in [0.1, 0.15) is 23.4 Å². The van der Waals surface area contributed by atoms with E-state index in [0.29, 0.717) is 110 Å². The highest BCUT2D eigenvalue weighted by atomic mass is 35.5. The number of anilines is 2. The van der Waals surface area contributed by atoms with Crippen LogP contribution in [0.5, 0.6) is 0 Å². The number of fused-ring (bicyclic) bond motifs is 4. The van der Waals surface area contributed by atoms with Crippen molar-refractivity contribution in [3.8, 4) is 34.4 Å². The third-order valence-corrected chi connectivity index (χ3v) is 11.7. The molecule has 1 saturated heterocycles. The first-order valence-electron chi connectivity index (χ1n) is 21.7. The molecule has 3 aliphatic heterocycles. The number of imide groups is 1. The SMILES string of the molecule is O=C1CCC(N2Cc3c(C#CCCNCCOCCOCCn4cc(-c5ccc(Nc6ncc7c(n6)-c6ccc(Cl)cc6C(c6c(F)cccc6F)=NC7)cc5)nn4)cccc3C2=O)C(=O)N1. The number of hydrogen-bond donors (Lipinski definition) is 3. The fourth-order valence-electron chi connectivity index (χ4n) is 8.08. The molecule has 2 aromatic heterocycles. The molecule has 1 atom stereocenters. The summed E-state index contributed by atoms with van der Waals surface area (Å²) >= 11 is 6.36. The van der Waals surface area contributed by atoms with E-state index in [1.165, 1.54) is 23.1 Å². The van der Waals surface area contributed by atoms with Gasteiger partial charge >= 0.3 is 0 Å². The van der Waals surface area contributed by atoms with Crippen LogP contribution in [0.15, 0.2) is 96.2 Å². The second kappa shape index (κ2) is 20.5. The van der Waals surface area contributed by atoms with Gasteiger partial charge in [0.05, 0.1) is 62.7 Å². The van der Waals surface area contributed by atoms with Crippen LogP contribution in [0.3, 0.4) is 0 Å². The summed E-state index contributed by atoms with van der Waals surface area (Å²) in [6.45, 7) is 4.09. The summed E-state index contributed by atoms with van der Waals surface area (Å²) in [4.78, 5) is 52.4. The molecule has 3 N–H and O–H groups in total. The highest BCUT2D eigenvalue weighted by Crippen LogP contribution is 2.35. The molecule has 18 heteroatoms. The average molecular weight is 925 g/mol. The molecule has 340 valence electrons. The Morgan fingerprint density at radius 2 is 1.70 bits per heavy atom. The Bertz CT molecular complexity index is 2930. The van der Waals surface area contributed by atoms with Crippen molar-refractivity contribution in [2.24, 2.45) is 4.99 Å². The van der Waals surface area contributed by atoms with E-state index in [9.17, 15) is 23.2 Å². The lowest BCUT2D eigenvalue weighted by Gasteiger charge is -2.29. The number of piperidine rings is 1. The van der Waals surface area contributed by atoms with Crippen molar-refractivity contribution in [3.05, 3.63) is 141 Å². The predicted molar refractivity (Wildman–Crippen MR) is 245 cm³/mol. The van der Waals surface area contributed by atoms with Gasteiger partial charge in [-0.3, -0.25) is 24.7 Å². The van der Waals surface area contributed by atoms with Gasteiger partial charge in [-0.25, -0.2) is 23.4 Å². The lowest BCUT2D eigenvalue weighted by Crippen LogP contribution is -2.52. The Balaban J connectivity index is 0.677. The fraction of sp³-hybridized carbons (Fsp3) is 0.265. The van der Waals surface area contributed by atoms with Crippen molar-refractivity contribution in [1.29, 1.82) is 0 Å². The van der Waals surface area contributed by atoms with Crippen molar-refractivity contribution in [2.45, 2.75) is 44.9 Å². The third-order valence-electron chi connectivity index (χ3n) is 11.4. The van der Waals surface area contributed by atoms with Crippen LogP contribution in [-0.2, 0) is 38.7 Å². The zero-order valence-electron chi connectivity index (χ0n) is 36.0. The van der Waals surface area contributed by atoms with Gasteiger partial charge in [-0.05, 0) is 60.5 Å². The minimum absolute atomic E-state index is 0.115. The van der Waals surface area contributed by atoms with Crippen LogP contribution >= 0.6 is 11.6 Å². The number of halogens is 3. The van der Waals surface area contributed by atoms with E-state index >= 15 is 0 Å². The second-order valence-corrected chi connectivity index (χ2v) is 16.3. The largest absolute Gasteiger partial charge is 0.378 e. The second-order valence-electron chi connectivity index (χ2n) is 15.8. The smallest absolute Gasteiger partial charge is 0.255 e. The topological polar surface area (TPSA) is 178 Å². The van der Waals surface area contributed by atoms with Crippen LogP contribution < -0.4 is 16.0 Å². The van der Waals surface area contributed by atoms with E-state index in [1.54, 1.807) is 41.2 Å². The van der Waals surface area contributed by atoms with Gasteiger partial charge < -0.3 is 25.0 Å². The molecule has 1 unspecified atom stereocenters. The zero-order chi connectivity index (χ0) is 46.3. The van der Waals surface area contributed by atoms with Crippen LogP contribution in [-0.4, -0.2) is 98.9 Å². The molecular weight excluding hydrogens is 882 g/mol. The van der Waals surface area contributed by atoms with Crippen LogP contribution in [0.4, 0.5) is 20.4 Å². The minimum Gasteiger partial charge on any atom is -0.378 e. The highest BCUT2D eigenvalue weighted by molar-refractivity contribution is 6.31. The van der Waals surface area contributed by atoms with Crippen molar-refractivity contribution in [2.75, 3.05) is 44.8 Å². The Morgan fingerprint density at radius 3 is 2.52 bits per heavy atom. The maximum atomic E-state index is 14.9. The molecule has 0 spiro atoms. The maximum absolute atomic E-state index is 14.9. The van der Waals surface area contributed by atoms with E-state index in [-0.39, 0.29) is 36.1 Å². The maximum Gasteiger partial charge on any atom is 0.255 e. The lowest BCUT2D eigenvalue weighted by molar-refractivity contribution is -0.136. The summed E-state index contributed by atoms with van der Waals surface area (Å²) in [5.41, 5.74) is 6.71. The molecule has 1 fully saturated rings. The van der Waals surface area contributed by atoms with Gasteiger partial charge in [0.15, 0.2) is 0 Å². The van der Waals surface area contributed by atoms with E-state index in [2.05, 4.69) is 48.1 Å². The van der Waals surface area contributed by atoms with Crippen LogP contribution in [0.2, 0.25) is 5.02 Å². The number of rotatable bonds is 16. The minimum atomic E-state index is -0.722. The molecule has 0 bridgehead atoms. The Hall–Kier alpha value is -7.23. The van der Waals surface area contributed by atoms with E-state index in [1.807, 2.05) is 36.5 Å². The number of nitrogens with zero attached hydrogens (tertiary/aromatic N) is 7. The molecular formula is C49H43ClF2N10O5. The summed E-state index contributed by atoms with van der Waals surface area (Å²) in [6.07, 6.45) is 4.64. The number of amides is 3. The summed E-state index contributed by atoms with van der Waals surface area (Å²) < 4.78 is 43.0. The van der Waals surface area contributed by atoms with Crippen LogP contribution in [0.25, 0.3) is 22.5 Å². The molecule has 3 amide bonds. The monoisotopic (exact) mass is 924 g/mol. The van der Waals surface area contributed by atoms with Gasteiger partial charge in [0.25, 0.3) is 5.91 Å². The third kappa shape index (κ3) is 10.3. The number of aliphatic imine (C=N–C) groups is 1. The lowest BCUT2D eigenvalue weighted by atomic mass is 9.95. The summed E-state index contributed by atoms with van der Waals surface area (Å²) in [5.74, 6) is 4.28. The van der Waals surface area contributed by atoms with Gasteiger partial charge in [0, 0.05) is 82.8 Å². The van der Waals surface area contributed by atoms with E-state index in [4.69, 9.17) is 26.1 Å². The zero-order valence-corrected chi connectivity index (χ0v) is 36.8. The first kappa shape index (κ1) is 44.9. The van der Waals surface area contributed by atoms with Gasteiger partial charge in [0.2, 0.25) is 17.8 Å². The molecule has 4 aromatic carbocycles. The number of nitrogens with one attached hydrogen (secondary N) is 3. The number of carbonyl (C=O) groups excluding carboxylic acids is 3. The molecule has 0 radical (unpaired) electrons. The molecule has 5 heterocycles. The Morgan fingerprint density at radius 1 is 0.896 bits per heavy atom. The predicted octanol–water partition coefficient (Wildman–Crippen LogP) is 6.25. The van der Waals surface area contributed by atoms with Crippen molar-refractivity contribution in [1.82, 2.24) is 40.5 Å². The van der Waals surface area contributed by atoms with Crippen LogP contribution in [0.1, 0.15) is 57.4 Å². The molecule has 6 aromatic rings. The number of carbonyl (C=O) groups is 3. The molecule has 15 nitrogen and oxygen atoms in total. The summed E-state index contributed by atoms with van der Waals surface area (Å²) in [7, 11) is 0. The average Bonchev–Trinajstić information content (AvgIpc) is 3.90. The van der Waals surface area contributed by atoms with Gasteiger partial charge in [-0.1, -0.05) is 59.0 Å². The van der Waals surface area contributed by atoms with Crippen molar-refractivity contribution >= 4 is 46.7 Å². The van der Waals surface area contributed by atoms with E-state index < -0.39 is 23.6 Å². The van der Waals surface area contributed by atoms with Gasteiger partial charge in [-0.15, -0.1) is 5.10 Å². The quantitative estimate of drug-likeness (QED) is 0.0568. The Kier molecular flexibility index (Phi) is 13.8. The summed E-state index contributed by atoms with van der Waals surface area (Å²) in [5, 5.41) is 17.9. The number of benzene rings is 4. The van der Waals surface area contributed by atoms with Crippen molar-refractivity contribution in [3.63, 3.8) is 0 Å². The first-order valence-corrected chi connectivity index (χ1v) is 22.1. The molecule has 3 aliphatic rings. The normalized spacial score (nSPS) is 15.2. The number of ether oxygens (including phenoxy) is 2. The Labute approximate surface area is 389 Å². The van der Waals surface area contributed by atoms with Crippen molar-refractivity contribution < 1.29 is 32.6 Å². The standard InChI is InChI=1S/C49H43ClF2N10O5/c50-33-12-15-35-37(25-33)46(44-39(51)8-4-9-40(44)52)54-26-32-27-55-49(58-45(32)35)56-34-13-10-31(11-14-34)41-29-61(60-59-41)20-22-67-24-23-66-21-19-53-18-2-1-5-30-6-3-7-36-38(30)28-62(48(36)65)42-16-17-43(63)57-47(42)64/h3-4,6-15,25,27,29,42,53H,2,16-24,26,28H2,(H,55,56,58)(H,57,63,64).